The van der Waals surface area contributed by atoms with Crippen LogP contribution in [0.4, 0.5) is 5.82 Å². The first kappa shape index (κ1) is 14.1. The molecule has 2 rings (SSSR count). The van der Waals surface area contributed by atoms with Crippen molar-refractivity contribution in [1.29, 1.82) is 0 Å². The maximum absolute atomic E-state index is 12.4. The highest BCUT2D eigenvalue weighted by Crippen LogP contribution is 2.31. The summed E-state index contributed by atoms with van der Waals surface area (Å²) in [7, 11) is -3.50. The van der Waals surface area contributed by atoms with Gasteiger partial charge in [-0.25, -0.2) is 13.4 Å². The summed E-state index contributed by atoms with van der Waals surface area (Å²) in [5, 5.41) is 4.03. The molecule has 0 aliphatic carbocycles. The first-order valence-electron chi connectivity index (χ1n) is 5.72. The maximum Gasteiger partial charge on any atom is 0.187 e. The molecule has 0 unspecified atom stereocenters. The minimum Gasteiger partial charge on any atom is -0.382 e. The van der Waals surface area contributed by atoms with Gasteiger partial charge in [-0.1, -0.05) is 0 Å². The summed E-state index contributed by atoms with van der Waals surface area (Å²) >= 11 is 1.27. The maximum atomic E-state index is 12.4. The van der Waals surface area contributed by atoms with Gasteiger partial charge in [0.1, 0.15) is 15.7 Å². The molecule has 0 radical (unpaired) electrons. The second-order valence-electron chi connectivity index (χ2n) is 4.48. The van der Waals surface area contributed by atoms with Crippen molar-refractivity contribution in [2.45, 2.75) is 35.9 Å². The molecule has 0 aliphatic heterocycles. The molecule has 0 fully saturated rings. The lowest BCUT2D eigenvalue weighted by Crippen LogP contribution is -2.19. The van der Waals surface area contributed by atoms with Crippen LogP contribution in [0, 0.1) is 6.92 Å². The molecule has 0 saturated carbocycles. The summed E-state index contributed by atoms with van der Waals surface area (Å²) in [6.07, 6.45) is 1.78. The van der Waals surface area contributed by atoms with E-state index in [2.05, 4.69) is 10.1 Å². The fourth-order valence-corrected chi connectivity index (χ4v) is 3.96. The van der Waals surface area contributed by atoms with E-state index in [4.69, 9.17) is 5.73 Å². The van der Waals surface area contributed by atoms with E-state index in [1.807, 2.05) is 6.92 Å². The summed E-state index contributed by atoms with van der Waals surface area (Å²) in [4.78, 5) is 4.40. The number of hydrogen-bond donors (Lipinski definition) is 1. The fraction of sp³-hybridized carbons (Fsp3) is 0.455. The molecule has 0 aromatic carbocycles. The monoisotopic (exact) mass is 300 g/mol. The van der Waals surface area contributed by atoms with Crippen molar-refractivity contribution in [3.05, 3.63) is 11.8 Å². The Morgan fingerprint density at radius 1 is 1.42 bits per heavy atom. The number of nitrogens with zero attached hydrogens (tertiary/aromatic N) is 3. The van der Waals surface area contributed by atoms with E-state index in [1.54, 1.807) is 26.2 Å². The molecule has 0 amide bonds. The number of nitrogen functional groups attached to an aromatic ring is 1. The quantitative estimate of drug-likeness (QED) is 0.683. The molecule has 0 aliphatic rings. The number of sulfone groups is 1. The Bertz CT molecular complexity index is 735. The molecule has 2 N–H and O–H groups in total. The molecule has 6 nitrogen and oxygen atoms in total. The molecule has 8 heteroatoms. The lowest BCUT2D eigenvalue weighted by molar-refractivity contribution is 0.583. The lowest BCUT2D eigenvalue weighted by Gasteiger charge is -2.14. The number of nitrogens with two attached hydrogens (primary N) is 1. The highest BCUT2D eigenvalue weighted by molar-refractivity contribution is 7.99. The van der Waals surface area contributed by atoms with Crippen molar-refractivity contribution in [3.8, 4) is 0 Å². The van der Waals surface area contributed by atoms with Crippen LogP contribution in [0.15, 0.2) is 16.0 Å². The third kappa shape index (κ3) is 2.18. The molecule has 0 spiro atoms. The van der Waals surface area contributed by atoms with Crippen LogP contribution in [0.1, 0.15) is 19.5 Å². The Labute approximate surface area is 116 Å². The molecule has 0 atom stereocenters. The minimum atomic E-state index is -3.50. The molecule has 2 heterocycles. The van der Waals surface area contributed by atoms with E-state index in [-0.39, 0.29) is 10.7 Å². The topological polar surface area (TPSA) is 90.3 Å². The average molecular weight is 300 g/mol. The van der Waals surface area contributed by atoms with Crippen LogP contribution >= 0.6 is 11.8 Å². The third-order valence-electron chi connectivity index (χ3n) is 2.78. The minimum absolute atomic E-state index is 0.0746. The van der Waals surface area contributed by atoms with Crippen molar-refractivity contribution < 1.29 is 8.42 Å². The number of thioether (sulfide) groups is 1. The normalized spacial score (nSPS) is 12.5. The van der Waals surface area contributed by atoms with Crippen LogP contribution in [0.3, 0.4) is 0 Å². The van der Waals surface area contributed by atoms with Gasteiger partial charge in [0.05, 0.1) is 10.9 Å². The summed E-state index contributed by atoms with van der Waals surface area (Å²) in [5.41, 5.74) is 7.30. The van der Waals surface area contributed by atoms with Crippen molar-refractivity contribution in [3.63, 3.8) is 0 Å². The largest absolute Gasteiger partial charge is 0.382 e. The first-order chi connectivity index (χ1) is 8.78. The van der Waals surface area contributed by atoms with E-state index >= 15 is 0 Å². The Kier molecular flexibility index (Phi) is 3.48. The Morgan fingerprint density at radius 3 is 2.58 bits per heavy atom. The van der Waals surface area contributed by atoms with Crippen LogP contribution < -0.4 is 5.73 Å². The zero-order valence-corrected chi connectivity index (χ0v) is 12.8. The summed E-state index contributed by atoms with van der Waals surface area (Å²) in [6.45, 7) is 5.05. The van der Waals surface area contributed by atoms with E-state index < -0.39 is 15.1 Å². The standard InChI is InChI=1S/C11H16N4O2S2/c1-6(2)19(16,17)9-10(12)15-8(5-7(3)14-15)13-11(9)18-4/h5-6H,12H2,1-4H3. The van der Waals surface area contributed by atoms with Gasteiger partial charge in [0.25, 0.3) is 0 Å². The van der Waals surface area contributed by atoms with Crippen molar-refractivity contribution in [2.24, 2.45) is 0 Å². The van der Waals surface area contributed by atoms with Crippen LogP contribution in [0.5, 0.6) is 0 Å². The fourth-order valence-electron chi connectivity index (χ4n) is 1.74. The number of aryl methyl sites for hydroxylation is 1. The smallest absolute Gasteiger partial charge is 0.187 e. The van der Waals surface area contributed by atoms with Gasteiger partial charge in [-0.3, -0.25) is 0 Å². The van der Waals surface area contributed by atoms with Crippen molar-refractivity contribution in [1.82, 2.24) is 14.6 Å². The third-order valence-corrected chi connectivity index (χ3v) is 5.81. The number of anilines is 1. The zero-order valence-electron chi connectivity index (χ0n) is 11.2. The Morgan fingerprint density at radius 2 is 2.05 bits per heavy atom. The average Bonchev–Trinajstić information content (AvgIpc) is 2.69. The van der Waals surface area contributed by atoms with E-state index in [0.29, 0.717) is 10.7 Å². The Hall–Kier alpha value is -1.28. The van der Waals surface area contributed by atoms with Gasteiger partial charge < -0.3 is 5.73 Å². The zero-order chi connectivity index (χ0) is 14.4. The molecule has 2 aromatic rings. The van der Waals surface area contributed by atoms with Gasteiger partial charge in [0, 0.05) is 6.07 Å². The van der Waals surface area contributed by atoms with Gasteiger partial charge in [-0.15, -0.1) is 11.8 Å². The van der Waals surface area contributed by atoms with Crippen LogP contribution in [-0.2, 0) is 9.84 Å². The number of rotatable bonds is 3. The lowest BCUT2D eigenvalue weighted by atomic mass is 10.5. The number of aromatic nitrogens is 3. The molecule has 0 bridgehead atoms. The second-order valence-corrected chi connectivity index (χ2v) is 7.72. The molecular weight excluding hydrogens is 284 g/mol. The van der Waals surface area contributed by atoms with Gasteiger partial charge in [-0.05, 0) is 27.0 Å². The van der Waals surface area contributed by atoms with E-state index in [9.17, 15) is 8.42 Å². The van der Waals surface area contributed by atoms with Crippen molar-refractivity contribution in [2.75, 3.05) is 12.0 Å². The SMILES string of the molecule is CSc1nc2cc(C)nn2c(N)c1S(=O)(=O)C(C)C. The number of fused-ring (bicyclic) bond motifs is 1. The van der Waals surface area contributed by atoms with Gasteiger partial charge in [0.15, 0.2) is 15.5 Å². The molecule has 2 aromatic heterocycles. The van der Waals surface area contributed by atoms with Gasteiger partial charge in [-0.2, -0.15) is 9.61 Å². The summed E-state index contributed by atoms with van der Waals surface area (Å²) < 4.78 is 26.2. The number of hydrogen-bond acceptors (Lipinski definition) is 6. The van der Waals surface area contributed by atoms with Crippen LogP contribution in [0.25, 0.3) is 5.65 Å². The molecule has 0 saturated heterocycles. The molecular formula is C11H16N4O2S2. The summed E-state index contributed by atoms with van der Waals surface area (Å²) in [5.74, 6) is 0.121. The van der Waals surface area contributed by atoms with Gasteiger partial charge in [0.2, 0.25) is 0 Å². The highest BCUT2D eigenvalue weighted by Gasteiger charge is 2.28. The predicted molar refractivity (Wildman–Crippen MR) is 76.2 cm³/mol. The first-order valence-corrected chi connectivity index (χ1v) is 8.50. The second kappa shape index (κ2) is 4.68. The molecule has 19 heavy (non-hydrogen) atoms. The predicted octanol–water partition coefficient (Wildman–Crippen LogP) is 1.52. The van der Waals surface area contributed by atoms with Crippen LogP contribution in [-0.4, -0.2) is 34.5 Å². The molecule has 104 valence electrons. The summed E-state index contributed by atoms with van der Waals surface area (Å²) in [6, 6.07) is 1.77. The Balaban J connectivity index is 2.90. The van der Waals surface area contributed by atoms with E-state index in [1.165, 1.54) is 16.3 Å². The van der Waals surface area contributed by atoms with E-state index in [0.717, 1.165) is 5.69 Å². The van der Waals surface area contributed by atoms with Crippen LogP contribution in [0.2, 0.25) is 0 Å². The highest BCUT2D eigenvalue weighted by atomic mass is 32.2. The van der Waals surface area contributed by atoms with Gasteiger partial charge >= 0.3 is 0 Å². The van der Waals surface area contributed by atoms with Crippen molar-refractivity contribution >= 4 is 33.1 Å².